The Morgan fingerprint density at radius 3 is 2.06 bits per heavy atom. The number of fused-ring (bicyclic) bond motifs is 1. The smallest absolute Gasteiger partial charge is 0.361 e. The van der Waals surface area contributed by atoms with E-state index in [4.69, 9.17) is 0 Å². The first-order chi connectivity index (χ1) is 7.69. The standard InChI is InChI=1S/C10H5F6N/c11-9(12,13)5-3-7(10(14,15)16)6-1-2-17-8(6)4-5/h1-4,17H. The molecule has 1 heterocycles. The van der Waals surface area contributed by atoms with Crippen LogP contribution >= 0.6 is 0 Å². The van der Waals surface area contributed by atoms with Gasteiger partial charge in [0.25, 0.3) is 0 Å². The number of rotatable bonds is 0. The highest BCUT2D eigenvalue weighted by Crippen LogP contribution is 2.39. The quantitative estimate of drug-likeness (QED) is 0.677. The molecular weight excluding hydrogens is 248 g/mol. The van der Waals surface area contributed by atoms with Crippen LogP contribution in [0.4, 0.5) is 26.3 Å². The van der Waals surface area contributed by atoms with Crippen LogP contribution in [0.25, 0.3) is 10.9 Å². The predicted octanol–water partition coefficient (Wildman–Crippen LogP) is 4.21. The Balaban J connectivity index is 2.76. The Kier molecular flexibility index (Phi) is 2.37. The van der Waals surface area contributed by atoms with Gasteiger partial charge in [0.05, 0.1) is 11.1 Å². The second-order valence-corrected chi connectivity index (χ2v) is 3.46. The third-order valence-corrected chi connectivity index (χ3v) is 2.30. The molecule has 1 nitrogen and oxygen atoms in total. The van der Waals surface area contributed by atoms with Gasteiger partial charge in [-0.05, 0) is 18.2 Å². The van der Waals surface area contributed by atoms with E-state index in [-0.39, 0.29) is 17.0 Å². The van der Waals surface area contributed by atoms with Crippen molar-refractivity contribution < 1.29 is 26.3 Å². The van der Waals surface area contributed by atoms with Crippen LogP contribution in [-0.2, 0) is 12.4 Å². The lowest BCUT2D eigenvalue weighted by atomic mass is 10.1. The molecule has 92 valence electrons. The molecule has 7 heteroatoms. The fourth-order valence-corrected chi connectivity index (χ4v) is 1.57. The Hall–Kier alpha value is -1.66. The maximum atomic E-state index is 12.6. The van der Waals surface area contributed by atoms with Crippen LogP contribution < -0.4 is 0 Å². The molecule has 0 fully saturated rings. The minimum absolute atomic E-state index is 0.121. The number of aromatic nitrogens is 1. The zero-order valence-electron chi connectivity index (χ0n) is 8.08. The van der Waals surface area contributed by atoms with Gasteiger partial charge in [-0.15, -0.1) is 0 Å². The van der Waals surface area contributed by atoms with Gasteiger partial charge >= 0.3 is 12.4 Å². The summed E-state index contributed by atoms with van der Waals surface area (Å²) in [5, 5.41) is -0.273. The van der Waals surface area contributed by atoms with Crippen LogP contribution in [0.1, 0.15) is 11.1 Å². The largest absolute Gasteiger partial charge is 0.417 e. The van der Waals surface area contributed by atoms with E-state index in [9.17, 15) is 26.3 Å². The molecule has 0 unspecified atom stereocenters. The molecule has 0 saturated heterocycles. The lowest BCUT2D eigenvalue weighted by Crippen LogP contribution is -2.10. The number of hydrogen-bond donors (Lipinski definition) is 1. The van der Waals surface area contributed by atoms with E-state index in [1.165, 1.54) is 6.20 Å². The zero-order valence-corrected chi connectivity index (χ0v) is 8.08. The topological polar surface area (TPSA) is 15.8 Å². The summed E-state index contributed by atoms with van der Waals surface area (Å²) < 4.78 is 75.0. The predicted molar refractivity (Wildman–Crippen MR) is 48.3 cm³/mol. The van der Waals surface area contributed by atoms with Crippen LogP contribution in [0.5, 0.6) is 0 Å². The third kappa shape index (κ3) is 2.09. The fourth-order valence-electron chi connectivity index (χ4n) is 1.57. The van der Waals surface area contributed by atoms with Crippen molar-refractivity contribution >= 4 is 10.9 Å². The molecule has 1 aromatic heterocycles. The average molecular weight is 253 g/mol. The average Bonchev–Trinajstić information content (AvgIpc) is 2.59. The van der Waals surface area contributed by atoms with Gasteiger partial charge < -0.3 is 4.98 Å². The van der Waals surface area contributed by atoms with Crippen molar-refractivity contribution in [1.29, 1.82) is 0 Å². The molecule has 0 saturated carbocycles. The molecule has 2 aromatic rings. The maximum Gasteiger partial charge on any atom is 0.417 e. The highest BCUT2D eigenvalue weighted by Gasteiger charge is 2.38. The Bertz CT molecular complexity index is 548. The maximum absolute atomic E-state index is 12.6. The molecule has 1 N–H and O–H groups in total. The van der Waals surface area contributed by atoms with Crippen LogP contribution in [0.3, 0.4) is 0 Å². The van der Waals surface area contributed by atoms with Gasteiger partial charge in [0.1, 0.15) is 0 Å². The number of hydrogen-bond acceptors (Lipinski definition) is 0. The van der Waals surface area contributed by atoms with Crippen molar-refractivity contribution in [1.82, 2.24) is 4.98 Å². The summed E-state index contributed by atoms with van der Waals surface area (Å²) in [5.41, 5.74) is -2.80. The van der Waals surface area contributed by atoms with E-state index < -0.39 is 23.5 Å². The molecule has 0 atom stereocenters. The van der Waals surface area contributed by atoms with Gasteiger partial charge in [-0.2, -0.15) is 26.3 Å². The Labute approximate surface area is 91.0 Å². The molecule has 0 aliphatic rings. The van der Waals surface area contributed by atoms with Crippen LogP contribution in [-0.4, -0.2) is 4.98 Å². The van der Waals surface area contributed by atoms with Crippen molar-refractivity contribution in [2.75, 3.05) is 0 Å². The van der Waals surface area contributed by atoms with Crippen molar-refractivity contribution in [3.8, 4) is 0 Å². The van der Waals surface area contributed by atoms with E-state index in [1.54, 1.807) is 0 Å². The van der Waals surface area contributed by atoms with E-state index in [0.717, 1.165) is 6.07 Å². The summed E-state index contributed by atoms with van der Waals surface area (Å²) in [6.07, 6.45) is -8.46. The summed E-state index contributed by atoms with van der Waals surface area (Å²) in [6.45, 7) is 0. The number of aromatic amines is 1. The first-order valence-electron chi connectivity index (χ1n) is 4.45. The van der Waals surface area contributed by atoms with Gasteiger partial charge in [-0.3, -0.25) is 0 Å². The van der Waals surface area contributed by atoms with Gasteiger partial charge in [0, 0.05) is 17.1 Å². The molecule has 0 radical (unpaired) electrons. The minimum atomic E-state index is -4.82. The highest BCUT2D eigenvalue weighted by molar-refractivity contribution is 5.84. The summed E-state index contributed by atoms with van der Waals surface area (Å²) in [6, 6.07) is 1.87. The fraction of sp³-hybridized carbons (Fsp3) is 0.200. The Morgan fingerprint density at radius 2 is 1.53 bits per heavy atom. The van der Waals surface area contributed by atoms with Gasteiger partial charge in [-0.1, -0.05) is 0 Å². The number of alkyl halides is 6. The molecule has 0 aliphatic carbocycles. The van der Waals surface area contributed by atoms with E-state index in [1.807, 2.05) is 0 Å². The summed E-state index contributed by atoms with van der Waals surface area (Å²) in [4.78, 5) is 2.34. The number of halogens is 6. The molecular formula is C10H5F6N. The van der Waals surface area contributed by atoms with E-state index in [0.29, 0.717) is 6.07 Å². The Morgan fingerprint density at radius 1 is 0.882 bits per heavy atom. The lowest BCUT2D eigenvalue weighted by molar-refractivity contribution is -0.142. The molecule has 0 amide bonds. The molecule has 17 heavy (non-hydrogen) atoms. The van der Waals surface area contributed by atoms with E-state index in [2.05, 4.69) is 4.98 Å². The van der Waals surface area contributed by atoms with Crippen molar-refractivity contribution in [3.63, 3.8) is 0 Å². The zero-order chi connectivity index (χ0) is 12.8. The van der Waals surface area contributed by atoms with Crippen LogP contribution in [0.15, 0.2) is 24.4 Å². The second-order valence-electron chi connectivity index (χ2n) is 3.46. The highest BCUT2D eigenvalue weighted by atomic mass is 19.4. The number of benzene rings is 1. The summed E-state index contributed by atoms with van der Waals surface area (Å²) >= 11 is 0. The molecule has 0 aliphatic heterocycles. The van der Waals surface area contributed by atoms with Gasteiger partial charge in [-0.25, -0.2) is 0 Å². The number of H-pyrrole nitrogens is 1. The van der Waals surface area contributed by atoms with Crippen LogP contribution in [0.2, 0.25) is 0 Å². The molecule has 2 rings (SSSR count). The van der Waals surface area contributed by atoms with Crippen molar-refractivity contribution in [3.05, 3.63) is 35.5 Å². The normalized spacial score (nSPS) is 13.3. The van der Waals surface area contributed by atoms with Gasteiger partial charge in [0.2, 0.25) is 0 Å². The van der Waals surface area contributed by atoms with Crippen molar-refractivity contribution in [2.45, 2.75) is 12.4 Å². The number of nitrogens with one attached hydrogen (secondary N) is 1. The summed E-state index contributed by atoms with van der Waals surface area (Å²) in [5.74, 6) is 0. The lowest BCUT2D eigenvalue weighted by Gasteiger charge is -2.12. The third-order valence-electron chi connectivity index (χ3n) is 2.30. The van der Waals surface area contributed by atoms with E-state index >= 15 is 0 Å². The summed E-state index contributed by atoms with van der Waals surface area (Å²) in [7, 11) is 0. The first kappa shape index (κ1) is 11.8. The minimum Gasteiger partial charge on any atom is -0.361 e. The SMILES string of the molecule is FC(F)(F)c1cc(C(F)(F)F)c2cc[nH]c2c1. The molecule has 1 aromatic carbocycles. The van der Waals surface area contributed by atoms with Gasteiger partial charge in [0.15, 0.2) is 0 Å². The van der Waals surface area contributed by atoms with Crippen LogP contribution in [0, 0.1) is 0 Å². The second kappa shape index (κ2) is 3.41. The monoisotopic (exact) mass is 253 g/mol. The first-order valence-corrected chi connectivity index (χ1v) is 4.45. The molecule has 0 spiro atoms. The molecule has 0 bridgehead atoms. The van der Waals surface area contributed by atoms with Crippen molar-refractivity contribution in [2.24, 2.45) is 0 Å².